The maximum Gasteiger partial charge on any atom is 0.288 e. The molecule has 1 aliphatic heterocycles. The van der Waals surface area contributed by atoms with E-state index in [9.17, 15) is 4.79 Å². The highest BCUT2D eigenvalue weighted by Gasteiger charge is 2.34. The van der Waals surface area contributed by atoms with Gasteiger partial charge in [-0.25, -0.2) is 5.10 Å². The molecule has 0 saturated heterocycles. The molecule has 0 fully saturated rings. The third kappa shape index (κ3) is 2.71. The summed E-state index contributed by atoms with van der Waals surface area (Å²) in [6.45, 7) is 0. The molecule has 2 N–H and O–H groups in total. The van der Waals surface area contributed by atoms with E-state index in [-0.39, 0.29) is 5.56 Å². The topological polar surface area (TPSA) is 101 Å². The number of aromatic nitrogens is 6. The minimum atomic E-state index is -0.438. The number of H-pyrrole nitrogens is 1. The van der Waals surface area contributed by atoms with Gasteiger partial charge in [0.15, 0.2) is 0 Å². The molecular weight excluding hydrogens is 446 g/mol. The molecular formula is C18H11BrClN7O. The first-order valence-corrected chi connectivity index (χ1v) is 9.48. The molecule has 1 aliphatic rings. The second-order valence-corrected chi connectivity index (χ2v) is 7.58. The smallest absolute Gasteiger partial charge is 0.288 e. The van der Waals surface area contributed by atoms with Crippen molar-refractivity contribution in [3.63, 3.8) is 0 Å². The maximum absolute atomic E-state index is 12.6. The zero-order chi connectivity index (χ0) is 19.3. The molecule has 0 amide bonds. The number of benzene rings is 2. The summed E-state index contributed by atoms with van der Waals surface area (Å²) >= 11 is 9.51. The van der Waals surface area contributed by atoms with Gasteiger partial charge in [-0.15, -0.1) is 0 Å². The molecule has 0 radical (unpaired) electrons. The van der Waals surface area contributed by atoms with Gasteiger partial charge >= 0.3 is 0 Å². The number of fused-ring (bicyclic) bond motifs is 2. The molecule has 2 aromatic carbocycles. The van der Waals surface area contributed by atoms with Gasteiger partial charge in [-0.2, -0.15) is 9.78 Å². The zero-order valence-corrected chi connectivity index (χ0v) is 16.4. The van der Waals surface area contributed by atoms with Crippen LogP contribution < -0.4 is 10.9 Å². The number of nitrogens with zero attached hydrogens (tertiary/aromatic N) is 5. The van der Waals surface area contributed by atoms with E-state index in [1.165, 1.54) is 0 Å². The fourth-order valence-corrected chi connectivity index (χ4v) is 3.71. The number of halogens is 2. The van der Waals surface area contributed by atoms with Crippen molar-refractivity contribution in [2.24, 2.45) is 0 Å². The Kier molecular flexibility index (Phi) is 3.99. The summed E-state index contributed by atoms with van der Waals surface area (Å²) in [4.78, 5) is 12.6. The van der Waals surface area contributed by atoms with Crippen molar-refractivity contribution in [2.75, 3.05) is 5.32 Å². The van der Waals surface area contributed by atoms with Gasteiger partial charge < -0.3 is 5.32 Å². The van der Waals surface area contributed by atoms with Crippen molar-refractivity contribution in [3.8, 4) is 11.3 Å². The van der Waals surface area contributed by atoms with Crippen molar-refractivity contribution >= 4 is 39.2 Å². The lowest BCUT2D eigenvalue weighted by Crippen LogP contribution is -2.29. The van der Waals surface area contributed by atoms with E-state index in [1.54, 1.807) is 16.8 Å². The second kappa shape index (κ2) is 6.54. The van der Waals surface area contributed by atoms with Crippen LogP contribution in [0.2, 0.25) is 5.02 Å². The molecule has 2 aromatic heterocycles. The molecule has 5 rings (SSSR count). The minimum absolute atomic E-state index is 0.343. The molecule has 0 saturated carbocycles. The quantitative estimate of drug-likeness (QED) is 0.421. The van der Waals surface area contributed by atoms with Crippen LogP contribution in [0, 0.1) is 0 Å². The highest BCUT2D eigenvalue weighted by Crippen LogP contribution is 2.41. The lowest BCUT2D eigenvalue weighted by molar-refractivity contribution is 0.567. The summed E-state index contributed by atoms with van der Waals surface area (Å²) in [5.41, 5.74) is 3.09. The van der Waals surface area contributed by atoms with E-state index in [1.807, 2.05) is 36.4 Å². The van der Waals surface area contributed by atoms with E-state index in [4.69, 9.17) is 11.6 Å². The fourth-order valence-electron chi connectivity index (χ4n) is 3.32. The van der Waals surface area contributed by atoms with Crippen molar-refractivity contribution < 1.29 is 0 Å². The monoisotopic (exact) mass is 455 g/mol. The second-order valence-electron chi connectivity index (χ2n) is 6.22. The third-order valence-corrected chi connectivity index (χ3v) is 5.35. The molecule has 28 heavy (non-hydrogen) atoms. The Morgan fingerprint density at radius 1 is 1.07 bits per heavy atom. The Morgan fingerprint density at radius 2 is 1.82 bits per heavy atom. The molecule has 1 atom stereocenters. The van der Waals surface area contributed by atoms with Crippen LogP contribution in [0.1, 0.15) is 17.2 Å². The van der Waals surface area contributed by atoms with Crippen LogP contribution in [0.4, 0.5) is 11.6 Å². The summed E-state index contributed by atoms with van der Waals surface area (Å²) in [7, 11) is 0. The van der Waals surface area contributed by atoms with Crippen LogP contribution in [0.3, 0.4) is 0 Å². The molecule has 10 heteroatoms. The van der Waals surface area contributed by atoms with Crippen LogP contribution in [-0.2, 0) is 0 Å². The van der Waals surface area contributed by atoms with E-state index in [2.05, 4.69) is 47.0 Å². The van der Waals surface area contributed by atoms with Crippen LogP contribution in [0.25, 0.3) is 11.3 Å². The number of tetrazole rings is 1. The van der Waals surface area contributed by atoms with E-state index in [0.717, 1.165) is 15.6 Å². The predicted molar refractivity (Wildman–Crippen MR) is 108 cm³/mol. The molecule has 3 heterocycles. The third-order valence-electron chi connectivity index (χ3n) is 4.57. The van der Waals surface area contributed by atoms with Gasteiger partial charge in [-0.1, -0.05) is 56.9 Å². The summed E-state index contributed by atoms with van der Waals surface area (Å²) in [5.74, 6) is 0.380. The number of aromatic amines is 1. The zero-order valence-electron chi connectivity index (χ0n) is 14.1. The number of hydrogen-bond acceptors (Lipinski definition) is 6. The molecule has 0 bridgehead atoms. The average molecular weight is 457 g/mol. The number of nitrogens with one attached hydrogen (secondary N) is 2. The van der Waals surface area contributed by atoms with E-state index < -0.39 is 6.04 Å². The van der Waals surface area contributed by atoms with Gasteiger partial charge in [-0.3, -0.25) is 4.79 Å². The Bertz CT molecular complexity index is 1230. The summed E-state index contributed by atoms with van der Waals surface area (Å²) in [6.07, 6.45) is 0. The van der Waals surface area contributed by atoms with Gasteiger partial charge in [-0.05, 0) is 40.3 Å². The number of hydrogen-bond donors (Lipinski definition) is 2. The number of rotatable bonds is 2. The molecule has 0 aliphatic carbocycles. The molecule has 1 unspecified atom stereocenters. The molecule has 4 aromatic rings. The van der Waals surface area contributed by atoms with E-state index >= 15 is 0 Å². The largest absolute Gasteiger partial charge is 0.318 e. The first-order chi connectivity index (χ1) is 13.6. The van der Waals surface area contributed by atoms with Crippen molar-refractivity contribution in [3.05, 3.63) is 79.5 Å². The van der Waals surface area contributed by atoms with Crippen molar-refractivity contribution in [2.45, 2.75) is 6.04 Å². The Labute approximate surface area is 171 Å². The lowest BCUT2D eigenvalue weighted by atomic mass is 9.92. The van der Waals surface area contributed by atoms with Gasteiger partial charge in [0.2, 0.25) is 5.95 Å². The molecule has 0 spiro atoms. The molecule has 8 nitrogen and oxygen atoms in total. The highest BCUT2D eigenvalue weighted by atomic mass is 79.9. The average Bonchev–Trinajstić information content (AvgIpc) is 3.17. The normalized spacial score (nSPS) is 14.9. The van der Waals surface area contributed by atoms with Gasteiger partial charge in [0, 0.05) is 20.6 Å². The fraction of sp³-hybridized carbons (Fsp3) is 0.0556. The van der Waals surface area contributed by atoms with Crippen molar-refractivity contribution in [1.29, 1.82) is 0 Å². The lowest BCUT2D eigenvalue weighted by Gasteiger charge is -2.27. The molecule has 138 valence electrons. The Morgan fingerprint density at radius 3 is 2.57 bits per heavy atom. The Balaban J connectivity index is 1.81. The highest BCUT2D eigenvalue weighted by molar-refractivity contribution is 9.10. The minimum Gasteiger partial charge on any atom is -0.318 e. The van der Waals surface area contributed by atoms with Gasteiger partial charge in [0.05, 0.1) is 5.69 Å². The van der Waals surface area contributed by atoms with Crippen LogP contribution in [0.15, 0.2) is 57.8 Å². The summed E-state index contributed by atoms with van der Waals surface area (Å²) in [5, 5.41) is 22.4. The van der Waals surface area contributed by atoms with Crippen LogP contribution in [-0.4, -0.2) is 30.4 Å². The number of anilines is 2. The predicted octanol–water partition coefficient (Wildman–Crippen LogP) is 3.53. The maximum atomic E-state index is 12.6. The van der Waals surface area contributed by atoms with Crippen molar-refractivity contribution in [1.82, 2.24) is 30.4 Å². The van der Waals surface area contributed by atoms with Gasteiger partial charge in [0.25, 0.3) is 5.56 Å². The summed E-state index contributed by atoms with van der Waals surface area (Å²) in [6, 6.07) is 14.6. The standard InChI is InChI=1S/C18H11BrClN7O/c19-11-5-1-9(2-6-11)14-13-15(17(28)23-22-14)21-18-24-25-26-27(18)16(13)10-3-7-12(20)8-4-10/h1-8,16H,(H,23,28)(H,21,24,26). The summed E-state index contributed by atoms with van der Waals surface area (Å²) < 4.78 is 2.58. The first-order valence-electron chi connectivity index (χ1n) is 8.30. The van der Waals surface area contributed by atoms with Crippen LogP contribution >= 0.6 is 27.5 Å². The SMILES string of the molecule is O=c1[nH]nc(-c2ccc(Br)cc2)c2c1Nc1nnnn1C2c1ccc(Cl)cc1. The van der Waals surface area contributed by atoms with E-state index in [0.29, 0.717) is 27.9 Å². The van der Waals surface area contributed by atoms with Crippen LogP contribution in [0.5, 0.6) is 0 Å². The van der Waals surface area contributed by atoms with Gasteiger partial charge in [0.1, 0.15) is 11.7 Å². The Hall–Kier alpha value is -3.04. The first kappa shape index (κ1) is 17.1.